The van der Waals surface area contributed by atoms with E-state index in [2.05, 4.69) is 6.07 Å². The van der Waals surface area contributed by atoms with Crippen molar-refractivity contribution in [2.24, 2.45) is 11.3 Å². The van der Waals surface area contributed by atoms with Crippen LogP contribution in [0.15, 0.2) is 66.7 Å². The Kier molecular flexibility index (Phi) is 5.38. The minimum atomic E-state index is -1.88. The molecule has 2 aromatic carbocycles. The fraction of sp³-hybridized carbons (Fsp3) is 0.217. The van der Waals surface area contributed by atoms with E-state index in [0.717, 1.165) is 5.56 Å². The molecule has 5 nitrogen and oxygen atoms in total. The Balaban J connectivity index is 2.30. The van der Waals surface area contributed by atoms with Crippen LogP contribution in [0.4, 0.5) is 0 Å². The lowest BCUT2D eigenvalue weighted by atomic mass is 9.60. The third-order valence-corrected chi connectivity index (χ3v) is 5.01. The van der Waals surface area contributed by atoms with Gasteiger partial charge in [-0.05, 0) is 23.6 Å². The number of esters is 1. The number of ether oxygens (including phenoxy) is 1. The molecular weight excluding hydrogens is 350 g/mol. The molecule has 1 aliphatic carbocycles. The molecule has 0 amide bonds. The van der Waals surface area contributed by atoms with Gasteiger partial charge >= 0.3 is 5.97 Å². The van der Waals surface area contributed by atoms with Crippen LogP contribution in [0, 0.1) is 39.4 Å². The highest BCUT2D eigenvalue weighted by molar-refractivity contribution is 6.16. The maximum atomic E-state index is 12.9. The molecule has 0 saturated carbocycles. The smallest absolute Gasteiger partial charge is 0.333 e. The minimum Gasteiger partial charge on any atom is -0.464 e. The van der Waals surface area contributed by atoms with Gasteiger partial charge in [-0.25, -0.2) is 4.79 Å². The van der Waals surface area contributed by atoms with Crippen LogP contribution in [0.5, 0.6) is 0 Å². The van der Waals surface area contributed by atoms with Gasteiger partial charge in [-0.1, -0.05) is 66.7 Å². The van der Waals surface area contributed by atoms with Crippen LogP contribution >= 0.6 is 0 Å². The van der Waals surface area contributed by atoms with Gasteiger partial charge in [0.25, 0.3) is 0 Å². The molecule has 3 atom stereocenters. The first-order valence-electron chi connectivity index (χ1n) is 8.99. The molecule has 0 saturated heterocycles. The Labute approximate surface area is 164 Å². The Morgan fingerprint density at radius 1 is 1.11 bits per heavy atom. The van der Waals surface area contributed by atoms with Crippen molar-refractivity contribution in [1.29, 1.82) is 15.9 Å². The summed E-state index contributed by atoms with van der Waals surface area (Å²) in [7, 11) is 0. The number of hydrogen-bond acceptors (Lipinski definition) is 5. The van der Waals surface area contributed by atoms with Crippen molar-refractivity contribution < 1.29 is 9.53 Å². The zero-order valence-electron chi connectivity index (χ0n) is 15.4. The first kappa shape index (κ1) is 19.1. The van der Waals surface area contributed by atoms with Crippen molar-refractivity contribution in [3.8, 4) is 12.1 Å². The molecule has 0 aliphatic heterocycles. The molecule has 2 aromatic rings. The van der Waals surface area contributed by atoms with Crippen LogP contribution in [0.3, 0.4) is 0 Å². The highest BCUT2D eigenvalue weighted by atomic mass is 16.5. The van der Waals surface area contributed by atoms with Gasteiger partial charge in [-0.3, -0.25) is 0 Å². The molecule has 0 heterocycles. The average Bonchev–Trinajstić information content (AvgIpc) is 2.74. The van der Waals surface area contributed by atoms with E-state index in [-0.39, 0.29) is 12.3 Å². The largest absolute Gasteiger partial charge is 0.464 e. The number of carbonyl (C=O) groups is 1. The number of allylic oxidation sites excluding steroid dienone is 2. The van der Waals surface area contributed by atoms with Gasteiger partial charge in [0, 0.05) is 5.92 Å². The summed E-state index contributed by atoms with van der Waals surface area (Å²) in [6.07, 6.45) is 1.77. The third kappa shape index (κ3) is 2.98. The van der Waals surface area contributed by atoms with E-state index in [4.69, 9.17) is 10.1 Å². The van der Waals surface area contributed by atoms with Crippen molar-refractivity contribution >= 4 is 17.3 Å². The van der Waals surface area contributed by atoms with Crippen LogP contribution in [0.2, 0.25) is 0 Å². The molecule has 1 aliphatic rings. The van der Waals surface area contributed by atoms with Gasteiger partial charge in [-0.2, -0.15) is 10.5 Å². The molecule has 0 aromatic heterocycles. The molecule has 0 unspecified atom stereocenters. The van der Waals surface area contributed by atoms with Crippen LogP contribution in [0.25, 0.3) is 5.57 Å². The third-order valence-electron chi connectivity index (χ3n) is 5.01. The molecule has 3 rings (SSSR count). The lowest BCUT2D eigenvalue weighted by Gasteiger charge is -2.38. The van der Waals surface area contributed by atoms with Crippen molar-refractivity contribution in [2.45, 2.75) is 12.8 Å². The fourth-order valence-corrected chi connectivity index (χ4v) is 3.64. The van der Waals surface area contributed by atoms with Crippen molar-refractivity contribution in [3.63, 3.8) is 0 Å². The van der Waals surface area contributed by atoms with Crippen LogP contribution in [-0.4, -0.2) is 18.3 Å². The fourth-order valence-electron chi connectivity index (χ4n) is 3.64. The number of benzene rings is 2. The second-order valence-corrected chi connectivity index (χ2v) is 6.49. The summed E-state index contributed by atoms with van der Waals surface area (Å²) < 4.78 is 5.19. The quantitative estimate of drug-likeness (QED) is 0.820. The lowest BCUT2D eigenvalue weighted by molar-refractivity contribution is -0.149. The number of hydrogen-bond donors (Lipinski definition) is 1. The van der Waals surface area contributed by atoms with E-state index < -0.39 is 23.2 Å². The average molecular weight is 369 g/mol. The van der Waals surface area contributed by atoms with Crippen molar-refractivity contribution in [3.05, 3.63) is 77.9 Å². The highest BCUT2D eigenvalue weighted by Crippen LogP contribution is 2.48. The Morgan fingerprint density at radius 3 is 2.25 bits per heavy atom. The molecule has 0 radical (unpaired) electrons. The van der Waals surface area contributed by atoms with E-state index in [1.165, 1.54) is 0 Å². The van der Waals surface area contributed by atoms with Crippen LogP contribution < -0.4 is 0 Å². The summed E-state index contributed by atoms with van der Waals surface area (Å²) in [5.41, 5.74) is 0.000781. The van der Waals surface area contributed by atoms with Crippen molar-refractivity contribution in [2.75, 3.05) is 6.61 Å². The summed E-state index contributed by atoms with van der Waals surface area (Å²) in [6, 6.07) is 22.5. The van der Waals surface area contributed by atoms with Gasteiger partial charge in [0.05, 0.1) is 24.5 Å². The van der Waals surface area contributed by atoms with Gasteiger partial charge in [0.15, 0.2) is 0 Å². The lowest BCUT2D eigenvalue weighted by Crippen LogP contribution is -2.49. The van der Waals surface area contributed by atoms with Gasteiger partial charge in [0.2, 0.25) is 5.41 Å². The summed E-state index contributed by atoms with van der Waals surface area (Å²) >= 11 is 0. The molecule has 1 N–H and O–H groups in total. The first-order chi connectivity index (χ1) is 13.6. The van der Waals surface area contributed by atoms with Crippen LogP contribution in [-0.2, 0) is 9.53 Å². The van der Waals surface area contributed by atoms with E-state index in [1.54, 1.807) is 13.0 Å². The Morgan fingerprint density at radius 2 is 1.71 bits per heavy atom. The second kappa shape index (κ2) is 7.90. The van der Waals surface area contributed by atoms with Crippen molar-refractivity contribution in [1.82, 2.24) is 0 Å². The molecule has 0 spiro atoms. The Bertz CT molecular complexity index is 1000. The predicted octanol–water partition coefficient (Wildman–Crippen LogP) is 4.10. The van der Waals surface area contributed by atoms with Gasteiger partial charge in [-0.15, -0.1) is 0 Å². The van der Waals surface area contributed by atoms with E-state index in [9.17, 15) is 15.3 Å². The van der Waals surface area contributed by atoms with Gasteiger partial charge in [0.1, 0.15) is 5.92 Å². The first-order valence-corrected chi connectivity index (χ1v) is 8.99. The number of nitriles is 2. The number of nitrogens with one attached hydrogen (secondary N) is 1. The normalized spacial score (nSPS) is 23.8. The summed E-state index contributed by atoms with van der Waals surface area (Å²) in [6.45, 7) is 1.74. The summed E-state index contributed by atoms with van der Waals surface area (Å²) in [4.78, 5) is 12.9. The summed E-state index contributed by atoms with van der Waals surface area (Å²) in [5, 5.41) is 28.6. The maximum Gasteiger partial charge on any atom is 0.333 e. The minimum absolute atomic E-state index is 0.0868. The topological polar surface area (TPSA) is 97.7 Å². The molecule has 28 heavy (non-hydrogen) atoms. The monoisotopic (exact) mass is 369 g/mol. The molecular formula is C23H19N3O2. The number of carbonyl (C=O) groups excluding carboxylic acids is 1. The number of nitrogens with zero attached hydrogens (tertiary/aromatic N) is 2. The van der Waals surface area contributed by atoms with E-state index in [0.29, 0.717) is 11.1 Å². The predicted molar refractivity (Wildman–Crippen MR) is 105 cm³/mol. The Hall–Kier alpha value is -3.70. The SMILES string of the molecule is CCOC(=O)[C@]1(C#N)C(=N)[C@H](C#N)C(c2ccccc2)=C[C@H]1c1ccccc1. The standard InChI is InChI=1S/C23H19N3O2/c1-2-28-22(27)23(15-25)20(17-11-7-4-8-12-17)13-18(19(14-24)21(23)26)16-9-5-3-6-10-16/h3-13,19-20,26H,2H2,1H3/t19-,20+,23+/m1/s1. The van der Waals surface area contributed by atoms with E-state index in [1.807, 2.05) is 66.7 Å². The van der Waals surface area contributed by atoms with E-state index >= 15 is 0 Å². The van der Waals surface area contributed by atoms with Crippen LogP contribution in [0.1, 0.15) is 24.0 Å². The second-order valence-electron chi connectivity index (χ2n) is 6.49. The zero-order chi connectivity index (χ0) is 20.1. The maximum absolute atomic E-state index is 12.9. The molecule has 5 heteroatoms. The summed E-state index contributed by atoms with van der Waals surface area (Å²) in [5.74, 6) is -2.53. The highest BCUT2D eigenvalue weighted by Gasteiger charge is 2.56. The zero-order valence-corrected chi connectivity index (χ0v) is 15.4. The number of rotatable bonds is 4. The molecule has 138 valence electrons. The van der Waals surface area contributed by atoms with Gasteiger partial charge < -0.3 is 10.1 Å². The molecule has 0 bridgehead atoms. The molecule has 0 fully saturated rings.